The molecule has 0 atom stereocenters. The summed E-state index contributed by atoms with van der Waals surface area (Å²) < 4.78 is 0. The average molecular weight is 211 g/mol. The number of carbonyl (C=O) groups is 1. The van der Waals surface area contributed by atoms with Crippen LogP contribution in [0.2, 0.25) is 5.02 Å². The van der Waals surface area contributed by atoms with Gasteiger partial charge in [0.15, 0.2) is 0 Å². The van der Waals surface area contributed by atoms with Crippen molar-refractivity contribution in [1.82, 2.24) is 0 Å². The third-order valence-corrected chi connectivity index (χ3v) is 2.45. The first-order valence-electron chi connectivity index (χ1n) is 4.52. The molecule has 14 heavy (non-hydrogen) atoms. The number of hydrogen-bond acceptors (Lipinski definition) is 2. The SMILES string of the molecule is Nc1cc(Cl)ccc1NC(=O)C1CC1. The molecule has 1 fully saturated rings. The Morgan fingerprint density at radius 3 is 2.79 bits per heavy atom. The second-order valence-corrected chi connectivity index (χ2v) is 3.93. The van der Waals surface area contributed by atoms with E-state index in [1.165, 1.54) is 0 Å². The van der Waals surface area contributed by atoms with Gasteiger partial charge >= 0.3 is 0 Å². The lowest BCUT2D eigenvalue weighted by Gasteiger charge is -2.07. The molecular weight excluding hydrogens is 200 g/mol. The molecule has 0 unspecified atom stereocenters. The molecule has 1 saturated carbocycles. The van der Waals surface area contributed by atoms with Gasteiger partial charge in [-0.1, -0.05) is 11.6 Å². The number of carbonyl (C=O) groups excluding carboxylic acids is 1. The quantitative estimate of drug-likeness (QED) is 0.736. The molecule has 0 saturated heterocycles. The molecule has 74 valence electrons. The highest BCUT2D eigenvalue weighted by atomic mass is 35.5. The van der Waals surface area contributed by atoms with Crippen molar-refractivity contribution in [1.29, 1.82) is 0 Å². The lowest BCUT2D eigenvalue weighted by Crippen LogP contribution is -2.14. The lowest BCUT2D eigenvalue weighted by atomic mass is 10.2. The molecule has 3 nitrogen and oxygen atoms in total. The van der Waals surface area contributed by atoms with Crippen molar-refractivity contribution in [3.63, 3.8) is 0 Å². The first-order valence-corrected chi connectivity index (χ1v) is 4.90. The van der Waals surface area contributed by atoms with Crippen LogP contribution in [0.15, 0.2) is 18.2 Å². The molecule has 2 rings (SSSR count). The van der Waals surface area contributed by atoms with E-state index in [0.717, 1.165) is 12.8 Å². The largest absolute Gasteiger partial charge is 0.397 e. The number of nitrogens with two attached hydrogens (primary N) is 1. The zero-order valence-corrected chi connectivity index (χ0v) is 8.34. The summed E-state index contributed by atoms with van der Waals surface area (Å²) in [5.41, 5.74) is 6.84. The fourth-order valence-corrected chi connectivity index (χ4v) is 1.41. The Bertz CT molecular complexity index is 374. The van der Waals surface area contributed by atoms with Crippen LogP contribution in [0.1, 0.15) is 12.8 Å². The number of nitrogens with one attached hydrogen (secondary N) is 1. The van der Waals surface area contributed by atoms with Crippen LogP contribution in [0.25, 0.3) is 0 Å². The molecule has 0 heterocycles. The van der Waals surface area contributed by atoms with Crippen molar-refractivity contribution in [2.24, 2.45) is 5.92 Å². The lowest BCUT2D eigenvalue weighted by molar-refractivity contribution is -0.117. The van der Waals surface area contributed by atoms with Gasteiger partial charge in [0.2, 0.25) is 5.91 Å². The van der Waals surface area contributed by atoms with Crippen LogP contribution in [0.4, 0.5) is 11.4 Å². The Kier molecular flexibility index (Phi) is 2.33. The highest BCUT2D eigenvalue weighted by Gasteiger charge is 2.29. The molecular formula is C10H11ClN2O. The van der Waals surface area contributed by atoms with Crippen molar-refractivity contribution in [2.45, 2.75) is 12.8 Å². The predicted molar refractivity (Wildman–Crippen MR) is 57.2 cm³/mol. The van der Waals surface area contributed by atoms with Crippen molar-refractivity contribution in [2.75, 3.05) is 11.1 Å². The summed E-state index contributed by atoms with van der Waals surface area (Å²) in [6.07, 6.45) is 1.97. The fourth-order valence-electron chi connectivity index (χ4n) is 1.23. The van der Waals surface area contributed by atoms with Crippen LogP contribution in [0.5, 0.6) is 0 Å². The van der Waals surface area contributed by atoms with Gasteiger partial charge < -0.3 is 11.1 Å². The molecule has 1 amide bonds. The van der Waals surface area contributed by atoms with Gasteiger partial charge in [-0.3, -0.25) is 4.79 Å². The van der Waals surface area contributed by atoms with Gasteiger partial charge in [-0.15, -0.1) is 0 Å². The van der Waals surface area contributed by atoms with Crippen molar-refractivity contribution >= 4 is 28.9 Å². The summed E-state index contributed by atoms with van der Waals surface area (Å²) in [6, 6.07) is 5.06. The van der Waals surface area contributed by atoms with Crippen LogP contribution < -0.4 is 11.1 Å². The number of amides is 1. The normalized spacial score (nSPS) is 15.2. The van der Waals surface area contributed by atoms with Crippen molar-refractivity contribution in [3.8, 4) is 0 Å². The van der Waals surface area contributed by atoms with Gasteiger partial charge in [0.25, 0.3) is 0 Å². The van der Waals surface area contributed by atoms with E-state index in [4.69, 9.17) is 17.3 Å². The molecule has 0 aromatic heterocycles. The van der Waals surface area contributed by atoms with Crippen LogP contribution in [-0.4, -0.2) is 5.91 Å². The Balaban J connectivity index is 2.11. The van der Waals surface area contributed by atoms with E-state index in [9.17, 15) is 4.79 Å². The minimum Gasteiger partial charge on any atom is -0.397 e. The monoisotopic (exact) mass is 210 g/mol. The van der Waals surface area contributed by atoms with E-state index in [1.807, 2.05) is 0 Å². The van der Waals surface area contributed by atoms with Gasteiger partial charge in [-0.05, 0) is 31.0 Å². The Morgan fingerprint density at radius 1 is 1.50 bits per heavy atom. The second-order valence-electron chi connectivity index (χ2n) is 3.50. The fraction of sp³-hybridized carbons (Fsp3) is 0.300. The summed E-state index contributed by atoms with van der Waals surface area (Å²) >= 11 is 5.74. The van der Waals surface area contributed by atoms with E-state index in [-0.39, 0.29) is 11.8 Å². The first kappa shape index (κ1) is 9.34. The molecule has 0 radical (unpaired) electrons. The van der Waals surface area contributed by atoms with E-state index >= 15 is 0 Å². The van der Waals surface area contributed by atoms with Crippen LogP contribution in [-0.2, 0) is 4.79 Å². The summed E-state index contributed by atoms with van der Waals surface area (Å²) in [6.45, 7) is 0. The topological polar surface area (TPSA) is 55.1 Å². The molecule has 4 heteroatoms. The number of benzene rings is 1. The maximum absolute atomic E-state index is 11.4. The molecule has 0 spiro atoms. The standard InChI is InChI=1S/C10H11ClN2O/c11-7-3-4-9(8(12)5-7)13-10(14)6-1-2-6/h3-6H,1-2,12H2,(H,13,14). The zero-order chi connectivity index (χ0) is 10.1. The van der Waals surface area contributed by atoms with Gasteiger partial charge in [0.05, 0.1) is 11.4 Å². The van der Waals surface area contributed by atoms with Gasteiger partial charge in [0, 0.05) is 10.9 Å². The second kappa shape index (κ2) is 3.50. The van der Waals surface area contributed by atoms with Crippen molar-refractivity contribution < 1.29 is 4.79 Å². The van der Waals surface area contributed by atoms with Crippen LogP contribution >= 0.6 is 11.6 Å². The minimum absolute atomic E-state index is 0.0547. The van der Waals surface area contributed by atoms with Crippen LogP contribution in [0.3, 0.4) is 0 Å². The maximum atomic E-state index is 11.4. The molecule has 0 aliphatic heterocycles. The van der Waals surface area contributed by atoms with E-state index in [1.54, 1.807) is 18.2 Å². The van der Waals surface area contributed by atoms with Gasteiger partial charge in [0.1, 0.15) is 0 Å². The molecule has 1 aromatic carbocycles. The van der Waals surface area contributed by atoms with E-state index in [2.05, 4.69) is 5.32 Å². The third-order valence-electron chi connectivity index (χ3n) is 2.22. The Labute approximate surface area is 87.2 Å². The highest BCUT2D eigenvalue weighted by Crippen LogP contribution is 2.31. The zero-order valence-electron chi connectivity index (χ0n) is 7.59. The Hall–Kier alpha value is -1.22. The summed E-state index contributed by atoms with van der Waals surface area (Å²) in [4.78, 5) is 11.4. The maximum Gasteiger partial charge on any atom is 0.227 e. The van der Waals surface area contributed by atoms with Crippen LogP contribution in [0, 0.1) is 5.92 Å². The molecule has 1 aliphatic rings. The third kappa shape index (κ3) is 1.99. The van der Waals surface area contributed by atoms with Gasteiger partial charge in [-0.2, -0.15) is 0 Å². The average Bonchev–Trinajstić information content (AvgIpc) is 2.92. The summed E-state index contributed by atoms with van der Waals surface area (Å²) in [5.74, 6) is 0.240. The number of nitrogen functional groups attached to an aromatic ring is 1. The summed E-state index contributed by atoms with van der Waals surface area (Å²) in [5, 5.41) is 3.35. The number of rotatable bonds is 2. The summed E-state index contributed by atoms with van der Waals surface area (Å²) in [7, 11) is 0. The number of halogens is 1. The molecule has 0 bridgehead atoms. The molecule has 1 aliphatic carbocycles. The van der Waals surface area contributed by atoms with E-state index < -0.39 is 0 Å². The van der Waals surface area contributed by atoms with E-state index in [0.29, 0.717) is 16.4 Å². The Morgan fingerprint density at radius 2 is 2.21 bits per heavy atom. The number of anilines is 2. The minimum atomic E-state index is 0.0547. The highest BCUT2D eigenvalue weighted by molar-refractivity contribution is 6.31. The molecule has 3 N–H and O–H groups in total. The smallest absolute Gasteiger partial charge is 0.227 e. The van der Waals surface area contributed by atoms with Crippen molar-refractivity contribution in [3.05, 3.63) is 23.2 Å². The van der Waals surface area contributed by atoms with Gasteiger partial charge in [-0.25, -0.2) is 0 Å². The predicted octanol–water partition coefficient (Wildman–Crippen LogP) is 2.27. The molecule has 1 aromatic rings. The number of hydrogen-bond donors (Lipinski definition) is 2. The first-order chi connectivity index (χ1) is 6.66.